The number of nitrogens with one attached hydrogen (secondary N) is 1. The summed E-state index contributed by atoms with van der Waals surface area (Å²) >= 11 is 0. The van der Waals surface area contributed by atoms with Gasteiger partial charge in [-0.2, -0.15) is 0 Å². The summed E-state index contributed by atoms with van der Waals surface area (Å²) in [7, 11) is 0. The molecule has 0 bridgehead atoms. The summed E-state index contributed by atoms with van der Waals surface area (Å²) in [6, 6.07) is 0. The molecule has 2 nitrogen and oxygen atoms in total. The zero-order valence-corrected chi connectivity index (χ0v) is 4.34. The van der Waals surface area contributed by atoms with Crippen LogP contribution in [-0.2, 0) is 0 Å². The number of alkyl halides is 2. The molecule has 0 saturated carbocycles. The fourth-order valence-corrected chi connectivity index (χ4v) is 0.0891. The van der Waals surface area contributed by atoms with E-state index >= 15 is 0 Å². The Morgan fingerprint density at radius 2 is 2.00 bits per heavy atom. The molecule has 0 radical (unpaired) electrons. The highest BCUT2D eigenvalue weighted by atomic mass is 35.5. The van der Waals surface area contributed by atoms with Crippen molar-refractivity contribution in [2.75, 3.05) is 6.54 Å². The molecule has 0 fully saturated rings. The largest absolute Gasteiger partial charge is 0.271 e. The molecular formula is C2H7ClF2N2. The van der Waals surface area contributed by atoms with Gasteiger partial charge < -0.3 is 0 Å². The van der Waals surface area contributed by atoms with Crippen LogP contribution in [0.2, 0.25) is 0 Å². The van der Waals surface area contributed by atoms with Crippen molar-refractivity contribution in [1.29, 1.82) is 0 Å². The van der Waals surface area contributed by atoms with Gasteiger partial charge in [-0.1, -0.05) is 0 Å². The highest BCUT2D eigenvalue weighted by Gasteiger charge is 1.95. The second kappa shape index (κ2) is 6.07. The molecule has 0 aliphatic heterocycles. The molecule has 0 aliphatic carbocycles. The van der Waals surface area contributed by atoms with Gasteiger partial charge >= 0.3 is 0 Å². The normalized spacial score (nSPS) is 8.57. The maximum atomic E-state index is 10.9. The number of nitrogens with two attached hydrogens (primary N) is 1. The number of hydrogen-bond donors (Lipinski definition) is 2. The van der Waals surface area contributed by atoms with E-state index in [1.807, 2.05) is 5.43 Å². The molecule has 0 atom stereocenters. The maximum Gasteiger partial charge on any atom is 0.252 e. The van der Waals surface area contributed by atoms with Gasteiger partial charge in [0, 0.05) is 0 Å². The number of hydrazine groups is 1. The first kappa shape index (κ1) is 10.1. The predicted molar refractivity (Wildman–Crippen MR) is 25.4 cm³/mol. The van der Waals surface area contributed by atoms with Crippen LogP contribution in [0.5, 0.6) is 0 Å². The second-order valence-corrected chi connectivity index (χ2v) is 0.799. The summed E-state index contributed by atoms with van der Waals surface area (Å²) in [6.07, 6.45) is -2.34. The Morgan fingerprint density at radius 1 is 1.57 bits per heavy atom. The zero-order chi connectivity index (χ0) is 4.99. The molecule has 3 N–H and O–H groups in total. The first-order chi connectivity index (χ1) is 2.77. The van der Waals surface area contributed by atoms with Crippen LogP contribution in [0.1, 0.15) is 0 Å². The summed E-state index contributed by atoms with van der Waals surface area (Å²) in [6.45, 7) is -0.431. The van der Waals surface area contributed by atoms with Crippen molar-refractivity contribution in [3.63, 3.8) is 0 Å². The number of rotatable bonds is 2. The van der Waals surface area contributed by atoms with Crippen molar-refractivity contribution in [3.8, 4) is 0 Å². The van der Waals surface area contributed by atoms with E-state index in [9.17, 15) is 8.78 Å². The molecule has 0 saturated heterocycles. The summed E-state index contributed by atoms with van der Waals surface area (Å²) in [5.41, 5.74) is 1.82. The van der Waals surface area contributed by atoms with Crippen LogP contribution in [0.25, 0.3) is 0 Å². The van der Waals surface area contributed by atoms with Gasteiger partial charge in [-0.3, -0.25) is 11.3 Å². The van der Waals surface area contributed by atoms with Gasteiger partial charge in [-0.05, 0) is 0 Å². The number of halogens is 3. The lowest BCUT2D eigenvalue weighted by molar-refractivity contribution is 0.146. The Balaban J connectivity index is 0. The summed E-state index contributed by atoms with van der Waals surface area (Å²) in [5.74, 6) is 4.50. The quantitative estimate of drug-likeness (QED) is 0.414. The fourth-order valence-electron chi connectivity index (χ4n) is 0.0891. The van der Waals surface area contributed by atoms with Crippen molar-refractivity contribution in [2.24, 2.45) is 5.84 Å². The van der Waals surface area contributed by atoms with E-state index in [1.54, 1.807) is 0 Å². The molecule has 0 heterocycles. The van der Waals surface area contributed by atoms with Gasteiger partial charge in [0.1, 0.15) is 0 Å². The molecular weight excluding hydrogens is 125 g/mol. The molecule has 0 spiro atoms. The monoisotopic (exact) mass is 132 g/mol. The van der Waals surface area contributed by atoms with E-state index in [0.29, 0.717) is 0 Å². The first-order valence-corrected chi connectivity index (χ1v) is 1.49. The van der Waals surface area contributed by atoms with Crippen molar-refractivity contribution < 1.29 is 8.78 Å². The average molecular weight is 133 g/mol. The Hall–Kier alpha value is 0.0700. The van der Waals surface area contributed by atoms with Crippen molar-refractivity contribution >= 4 is 12.4 Å². The lowest BCUT2D eigenvalue weighted by Gasteiger charge is -1.91. The molecule has 46 valence electrons. The first-order valence-electron chi connectivity index (χ1n) is 1.49. The fraction of sp³-hybridized carbons (Fsp3) is 1.00. The minimum Gasteiger partial charge on any atom is -0.271 e. The SMILES string of the molecule is Cl.NNCC(F)F. The van der Waals surface area contributed by atoms with Crippen LogP contribution >= 0.6 is 12.4 Å². The smallest absolute Gasteiger partial charge is 0.252 e. The Morgan fingerprint density at radius 3 is 2.00 bits per heavy atom. The minimum atomic E-state index is -2.34. The van der Waals surface area contributed by atoms with Gasteiger partial charge in [-0.15, -0.1) is 12.4 Å². The van der Waals surface area contributed by atoms with Gasteiger partial charge in [0.05, 0.1) is 6.54 Å². The molecule has 0 aliphatic rings. The maximum absolute atomic E-state index is 10.9. The highest BCUT2D eigenvalue weighted by molar-refractivity contribution is 5.85. The van der Waals surface area contributed by atoms with Gasteiger partial charge in [0.25, 0.3) is 6.43 Å². The lowest BCUT2D eigenvalue weighted by Crippen LogP contribution is -2.27. The Bertz CT molecular complexity index is 34.9. The molecule has 0 aromatic carbocycles. The third-order valence-electron chi connectivity index (χ3n) is 0.272. The second-order valence-electron chi connectivity index (χ2n) is 0.799. The molecule has 0 amide bonds. The average Bonchev–Trinajstić information content (AvgIpc) is 1.35. The van der Waals surface area contributed by atoms with Crippen molar-refractivity contribution in [1.82, 2.24) is 5.43 Å². The standard InChI is InChI=1S/C2H6F2N2.ClH/c3-2(4)1-6-5;/h2,6H,1,5H2;1H. The van der Waals surface area contributed by atoms with Crippen LogP contribution in [0.4, 0.5) is 8.78 Å². The van der Waals surface area contributed by atoms with E-state index in [1.165, 1.54) is 0 Å². The van der Waals surface area contributed by atoms with Crippen molar-refractivity contribution in [2.45, 2.75) is 6.43 Å². The third-order valence-corrected chi connectivity index (χ3v) is 0.272. The zero-order valence-electron chi connectivity index (χ0n) is 3.53. The topological polar surface area (TPSA) is 38.0 Å². The van der Waals surface area contributed by atoms with Crippen LogP contribution in [-0.4, -0.2) is 13.0 Å². The van der Waals surface area contributed by atoms with Crippen LogP contribution in [0.3, 0.4) is 0 Å². The predicted octanol–water partition coefficient (Wildman–Crippen LogP) is 0.137. The van der Waals surface area contributed by atoms with E-state index in [2.05, 4.69) is 5.84 Å². The Kier molecular flexibility index (Phi) is 8.79. The van der Waals surface area contributed by atoms with Crippen LogP contribution in [0, 0.1) is 0 Å². The molecule has 0 unspecified atom stereocenters. The van der Waals surface area contributed by atoms with Crippen LogP contribution in [0.15, 0.2) is 0 Å². The van der Waals surface area contributed by atoms with Crippen molar-refractivity contribution in [3.05, 3.63) is 0 Å². The molecule has 5 heteroatoms. The van der Waals surface area contributed by atoms with Crippen LogP contribution < -0.4 is 11.3 Å². The van der Waals surface area contributed by atoms with E-state index < -0.39 is 13.0 Å². The van der Waals surface area contributed by atoms with E-state index in [4.69, 9.17) is 0 Å². The minimum absolute atomic E-state index is 0. The number of hydrogen-bond acceptors (Lipinski definition) is 2. The van der Waals surface area contributed by atoms with Gasteiger partial charge in [0.2, 0.25) is 0 Å². The van der Waals surface area contributed by atoms with E-state index in [0.717, 1.165) is 0 Å². The lowest BCUT2D eigenvalue weighted by atomic mass is 10.7. The molecule has 0 rings (SSSR count). The molecule has 0 aromatic rings. The van der Waals surface area contributed by atoms with E-state index in [-0.39, 0.29) is 12.4 Å². The summed E-state index contributed by atoms with van der Waals surface area (Å²) < 4.78 is 21.8. The third kappa shape index (κ3) is 10.7. The summed E-state index contributed by atoms with van der Waals surface area (Å²) in [4.78, 5) is 0. The summed E-state index contributed by atoms with van der Waals surface area (Å²) in [5, 5.41) is 0. The van der Waals surface area contributed by atoms with Gasteiger partial charge in [-0.25, -0.2) is 8.78 Å². The molecule has 7 heavy (non-hydrogen) atoms. The molecule has 0 aromatic heterocycles. The highest BCUT2D eigenvalue weighted by Crippen LogP contribution is 1.84. The Labute approximate surface area is 46.4 Å². The van der Waals surface area contributed by atoms with Gasteiger partial charge in [0.15, 0.2) is 0 Å².